The quantitative estimate of drug-likeness (QED) is 0.892. The van der Waals surface area contributed by atoms with Gasteiger partial charge in [0.1, 0.15) is 5.82 Å². The number of anilines is 1. The molecule has 22 heavy (non-hydrogen) atoms. The van der Waals surface area contributed by atoms with Gasteiger partial charge in [-0.05, 0) is 62.7 Å². The number of nitrogen functional groups attached to an aromatic ring is 1. The molecule has 0 aliphatic heterocycles. The zero-order valence-electron chi connectivity index (χ0n) is 12.9. The molecular weight excluding hydrogens is 284 g/mol. The van der Waals surface area contributed by atoms with Gasteiger partial charge in [-0.2, -0.15) is 0 Å². The Morgan fingerprint density at radius 2 is 1.86 bits per heavy atom. The van der Waals surface area contributed by atoms with Crippen LogP contribution >= 0.6 is 0 Å². The van der Waals surface area contributed by atoms with Gasteiger partial charge in [0.15, 0.2) is 11.6 Å². The minimum absolute atomic E-state index is 0.387. The summed E-state index contributed by atoms with van der Waals surface area (Å²) in [5.74, 6) is -1.12. The Kier molecular flexibility index (Phi) is 5.44. The molecule has 0 aliphatic carbocycles. The van der Waals surface area contributed by atoms with E-state index in [2.05, 4.69) is 4.98 Å². The van der Waals surface area contributed by atoms with Gasteiger partial charge in [0, 0.05) is 12.2 Å². The Bertz CT molecular complexity index is 642. The third-order valence-electron chi connectivity index (χ3n) is 3.49. The van der Waals surface area contributed by atoms with Gasteiger partial charge in [-0.25, -0.2) is 13.8 Å². The molecule has 1 aromatic carbocycles. The molecule has 0 atom stereocenters. The van der Waals surface area contributed by atoms with E-state index in [-0.39, 0.29) is 0 Å². The molecular formula is C17H21F2N3. The molecule has 0 saturated heterocycles. The van der Waals surface area contributed by atoms with Crippen molar-refractivity contribution in [3.8, 4) is 0 Å². The van der Waals surface area contributed by atoms with Crippen LogP contribution < -0.4 is 5.73 Å². The molecule has 0 bridgehead atoms. The van der Waals surface area contributed by atoms with Gasteiger partial charge in [-0.3, -0.25) is 0 Å². The first kappa shape index (κ1) is 16.4. The van der Waals surface area contributed by atoms with Crippen LogP contribution in [0.2, 0.25) is 0 Å². The number of nitrogens with zero attached hydrogens (tertiary/aromatic N) is 2. The van der Waals surface area contributed by atoms with Gasteiger partial charge in [-0.1, -0.05) is 12.1 Å². The van der Waals surface area contributed by atoms with Crippen molar-refractivity contribution in [2.24, 2.45) is 0 Å². The normalized spacial score (nSPS) is 11.1. The Morgan fingerprint density at radius 3 is 2.55 bits per heavy atom. The lowest BCUT2D eigenvalue weighted by Gasteiger charge is -2.11. The predicted molar refractivity (Wildman–Crippen MR) is 84.7 cm³/mol. The van der Waals surface area contributed by atoms with Crippen LogP contribution in [0.15, 0.2) is 30.3 Å². The summed E-state index contributed by atoms with van der Waals surface area (Å²) in [6.07, 6.45) is 1.61. The molecule has 0 saturated carbocycles. The van der Waals surface area contributed by atoms with Crippen LogP contribution in [-0.4, -0.2) is 30.5 Å². The van der Waals surface area contributed by atoms with Gasteiger partial charge in [0.2, 0.25) is 0 Å². The Balaban J connectivity index is 2.12. The van der Waals surface area contributed by atoms with E-state index in [0.717, 1.165) is 17.8 Å². The number of rotatable bonds is 6. The number of aryl methyl sites for hydroxylation is 2. The molecule has 1 aromatic heterocycles. The number of halogens is 2. The molecule has 118 valence electrons. The maximum atomic E-state index is 13.9. The fourth-order valence-corrected chi connectivity index (χ4v) is 2.29. The highest BCUT2D eigenvalue weighted by Crippen LogP contribution is 2.18. The standard InChI is InChI=1S/C17H21F2N3/c1-22(2)9-8-12-10-13(17(19)15(18)11-12)6-7-14-4-3-5-16(20)21-14/h3-5,10-11H,6-9H2,1-2H3,(H2,20,21). The number of benzene rings is 1. The van der Waals surface area contributed by atoms with E-state index < -0.39 is 11.6 Å². The summed E-state index contributed by atoms with van der Waals surface area (Å²) in [7, 11) is 3.90. The number of hydrogen-bond donors (Lipinski definition) is 1. The van der Waals surface area contributed by atoms with E-state index in [0.29, 0.717) is 30.6 Å². The minimum Gasteiger partial charge on any atom is -0.384 e. The number of likely N-dealkylation sites (N-methyl/N-ethyl adjacent to an activating group) is 1. The Labute approximate surface area is 129 Å². The number of hydrogen-bond acceptors (Lipinski definition) is 3. The average molecular weight is 305 g/mol. The summed E-state index contributed by atoms with van der Waals surface area (Å²) in [6.45, 7) is 0.793. The first-order chi connectivity index (χ1) is 10.5. The fraction of sp³-hybridized carbons (Fsp3) is 0.353. The summed E-state index contributed by atoms with van der Waals surface area (Å²) in [4.78, 5) is 6.19. The lowest BCUT2D eigenvalue weighted by molar-refractivity contribution is 0.412. The highest BCUT2D eigenvalue weighted by atomic mass is 19.2. The van der Waals surface area contributed by atoms with Crippen molar-refractivity contribution in [2.45, 2.75) is 19.3 Å². The second-order valence-corrected chi connectivity index (χ2v) is 5.66. The molecule has 0 aliphatic rings. The molecule has 0 fully saturated rings. The highest BCUT2D eigenvalue weighted by molar-refractivity contribution is 5.30. The van der Waals surface area contributed by atoms with Crippen molar-refractivity contribution < 1.29 is 8.78 Å². The van der Waals surface area contributed by atoms with Crippen LogP contribution in [0.5, 0.6) is 0 Å². The summed E-state index contributed by atoms with van der Waals surface area (Å²) in [5, 5.41) is 0. The van der Waals surface area contributed by atoms with E-state index in [1.807, 2.05) is 31.1 Å². The third-order valence-corrected chi connectivity index (χ3v) is 3.49. The molecule has 2 aromatic rings. The molecule has 2 N–H and O–H groups in total. The molecule has 0 unspecified atom stereocenters. The van der Waals surface area contributed by atoms with E-state index in [1.165, 1.54) is 6.07 Å². The summed E-state index contributed by atoms with van der Waals surface area (Å²) < 4.78 is 27.7. The highest BCUT2D eigenvalue weighted by Gasteiger charge is 2.11. The number of aromatic nitrogens is 1. The maximum Gasteiger partial charge on any atom is 0.162 e. The first-order valence-corrected chi connectivity index (χ1v) is 7.28. The van der Waals surface area contributed by atoms with Crippen LogP contribution in [0.4, 0.5) is 14.6 Å². The van der Waals surface area contributed by atoms with Gasteiger partial charge in [0.25, 0.3) is 0 Å². The van der Waals surface area contributed by atoms with E-state index in [1.54, 1.807) is 12.1 Å². The first-order valence-electron chi connectivity index (χ1n) is 7.28. The van der Waals surface area contributed by atoms with Crippen LogP contribution in [0.1, 0.15) is 16.8 Å². The van der Waals surface area contributed by atoms with Crippen molar-refractivity contribution >= 4 is 5.82 Å². The second-order valence-electron chi connectivity index (χ2n) is 5.66. The SMILES string of the molecule is CN(C)CCc1cc(F)c(F)c(CCc2cccc(N)n2)c1. The van der Waals surface area contributed by atoms with Crippen molar-refractivity contribution in [3.05, 3.63) is 58.8 Å². The Morgan fingerprint density at radius 1 is 1.09 bits per heavy atom. The topological polar surface area (TPSA) is 42.1 Å². The lowest BCUT2D eigenvalue weighted by Crippen LogP contribution is -2.15. The zero-order chi connectivity index (χ0) is 16.1. The minimum atomic E-state index is -0.785. The van der Waals surface area contributed by atoms with Crippen molar-refractivity contribution in [1.82, 2.24) is 9.88 Å². The third kappa shape index (κ3) is 4.49. The summed E-state index contributed by atoms with van der Waals surface area (Å²) >= 11 is 0. The Hall–Kier alpha value is -2.01. The van der Waals surface area contributed by atoms with Gasteiger partial charge in [-0.15, -0.1) is 0 Å². The van der Waals surface area contributed by atoms with Crippen molar-refractivity contribution in [3.63, 3.8) is 0 Å². The van der Waals surface area contributed by atoms with E-state index in [9.17, 15) is 8.78 Å². The molecule has 5 heteroatoms. The zero-order valence-corrected chi connectivity index (χ0v) is 12.9. The summed E-state index contributed by atoms with van der Waals surface area (Å²) in [5.41, 5.74) is 7.60. The number of nitrogens with two attached hydrogens (primary N) is 1. The fourth-order valence-electron chi connectivity index (χ4n) is 2.29. The largest absolute Gasteiger partial charge is 0.384 e. The maximum absolute atomic E-state index is 13.9. The molecule has 1 heterocycles. The monoisotopic (exact) mass is 305 g/mol. The van der Waals surface area contributed by atoms with Crippen LogP contribution in [0.25, 0.3) is 0 Å². The predicted octanol–water partition coefficient (Wildman–Crippen LogP) is 2.83. The molecule has 3 nitrogen and oxygen atoms in total. The molecule has 0 radical (unpaired) electrons. The molecule has 2 rings (SSSR count). The average Bonchev–Trinajstić information content (AvgIpc) is 2.47. The van der Waals surface area contributed by atoms with E-state index >= 15 is 0 Å². The summed E-state index contributed by atoms with van der Waals surface area (Å²) in [6, 6.07) is 8.36. The van der Waals surface area contributed by atoms with Gasteiger partial charge >= 0.3 is 0 Å². The van der Waals surface area contributed by atoms with Crippen LogP contribution in [0, 0.1) is 11.6 Å². The molecule has 0 amide bonds. The second kappa shape index (κ2) is 7.31. The lowest BCUT2D eigenvalue weighted by atomic mass is 10.0. The van der Waals surface area contributed by atoms with E-state index in [4.69, 9.17) is 5.73 Å². The van der Waals surface area contributed by atoms with Crippen LogP contribution in [0.3, 0.4) is 0 Å². The molecule has 0 spiro atoms. The van der Waals surface area contributed by atoms with Crippen LogP contribution in [-0.2, 0) is 19.3 Å². The number of pyridine rings is 1. The van der Waals surface area contributed by atoms with Gasteiger partial charge in [0.05, 0.1) is 0 Å². The van der Waals surface area contributed by atoms with Crippen molar-refractivity contribution in [1.29, 1.82) is 0 Å². The van der Waals surface area contributed by atoms with Gasteiger partial charge < -0.3 is 10.6 Å². The van der Waals surface area contributed by atoms with Crippen molar-refractivity contribution in [2.75, 3.05) is 26.4 Å². The smallest absolute Gasteiger partial charge is 0.162 e.